The number of rotatable bonds is 7. The first-order valence-corrected chi connectivity index (χ1v) is 5.99. The zero-order chi connectivity index (χ0) is 15.9. The number of carbonyl (C=O) groups is 4. The molecule has 9 nitrogen and oxygen atoms in total. The molecule has 0 rings (SSSR count). The van der Waals surface area contributed by atoms with E-state index in [1.54, 1.807) is 14.0 Å². The molecule has 20 heavy (non-hydrogen) atoms. The van der Waals surface area contributed by atoms with E-state index in [0.29, 0.717) is 6.54 Å². The van der Waals surface area contributed by atoms with Crippen LogP contribution in [-0.4, -0.2) is 71.4 Å². The van der Waals surface area contributed by atoms with Crippen molar-refractivity contribution < 1.29 is 24.3 Å². The molecule has 0 radical (unpaired) electrons. The van der Waals surface area contributed by atoms with E-state index < -0.39 is 37.0 Å². The molecule has 0 aromatic heterocycles. The number of amides is 4. The first-order chi connectivity index (χ1) is 9.18. The maximum Gasteiger partial charge on any atom is 0.323 e. The third-order valence-electron chi connectivity index (χ3n) is 2.52. The van der Waals surface area contributed by atoms with Crippen LogP contribution in [0.1, 0.15) is 13.8 Å². The van der Waals surface area contributed by atoms with Crippen LogP contribution in [0.3, 0.4) is 0 Å². The molecule has 0 bridgehead atoms. The van der Waals surface area contributed by atoms with Gasteiger partial charge in [0.1, 0.15) is 19.1 Å². The summed E-state index contributed by atoms with van der Waals surface area (Å²) in [4.78, 5) is 47.1. The number of nitrogens with zero attached hydrogens (tertiary/aromatic N) is 2. The molecule has 0 fully saturated rings. The number of hydrogen-bond donors (Lipinski definition) is 3. The fraction of sp³-hybridized carbons (Fsp3) is 0.636. The number of likely N-dealkylation sites (N-methyl/N-ethyl adjacent to an activating group) is 1. The van der Waals surface area contributed by atoms with Gasteiger partial charge in [0.2, 0.25) is 11.8 Å². The van der Waals surface area contributed by atoms with Gasteiger partial charge in [0.25, 0.3) is 0 Å². The summed E-state index contributed by atoms with van der Waals surface area (Å²) in [6, 6.07) is -1.67. The number of carbonyl (C=O) groups excluding carboxylic acids is 3. The second-order valence-electron chi connectivity index (χ2n) is 4.24. The third-order valence-corrected chi connectivity index (χ3v) is 2.52. The second kappa shape index (κ2) is 7.97. The average Bonchev–Trinajstić information content (AvgIpc) is 2.34. The fourth-order valence-corrected chi connectivity index (χ4v) is 1.38. The van der Waals surface area contributed by atoms with Crippen LogP contribution >= 0.6 is 0 Å². The van der Waals surface area contributed by atoms with Gasteiger partial charge >= 0.3 is 12.0 Å². The molecule has 0 aromatic rings. The van der Waals surface area contributed by atoms with Crippen molar-refractivity contribution >= 4 is 23.8 Å². The summed E-state index contributed by atoms with van der Waals surface area (Å²) in [5.74, 6) is -2.45. The number of nitrogens with two attached hydrogens (primary N) is 1. The lowest BCUT2D eigenvalue weighted by Crippen LogP contribution is -2.52. The van der Waals surface area contributed by atoms with Gasteiger partial charge in [-0.15, -0.1) is 0 Å². The van der Waals surface area contributed by atoms with E-state index in [1.807, 2.05) is 0 Å². The van der Waals surface area contributed by atoms with Gasteiger partial charge in [0.05, 0.1) is 0 Å². The molecule has 0 heterocycles. The zero-order valence-corrected chi connectivity index (χ0v) is 11.8. The Morgan fingerprint density at radius 3 is 2.20 bits per heavy atom. The number of aliphatic carboxylic acids is 1. The summed E-state index contributed by atoms with van der Waals surface area (Å²) in [7, 11) is 1.57. The summed E-state index contributed by atoms with van der Waals surface area (Å²) in [5.41, 5.74) is 4.94. The van der Waals surface area contributed by atoms with Crippen LogP contribution in [-0.2, 0) is 14.4 Å². The molecule has 4 amide bonds. The van der Waals surface area contributed by atoms with Crippen LogP contribution in [0, 0.1) is 0 Å². The molecule has 0 aromatic carbocycles. The first-order valence-electron chi connectivity index (χ1n) is 5.99. The number of carboxylic acid groups (broad SMARTS) is 1. The van der Waals surface area contributed by atoms with E-state index in [9.17, 15) is 19.2 Å². The van der Waals surface area contributed by atoms with Gasteiger partial charge in [-0.1, -0.05) is 0 Å². The molecule has 0 aliphatic rings. The highest BCUT2D eigenvalue weighted by atomic mass is 16.4. The van der Waals surface area contributed by atoms with Crippen molar-refractivity contribution in [3.63, 3.8) is 0 Å². The number of hydrogen-bond acceptors (Lipinski definition) is 4. The Morgan fingerprint density at radius 1 is 1.25 bits per heavy atom. The molecule has 9 heteroatoms. The topological polar surface area (TPSA) is 133 Å². The smallest absolute Gasteiger partial charge is 0.323 e. The van der Waals surface area contributed by atoms with E-state index >= 15 is 0 Å². The van der Waals surface area contributed by atoms with E-state index in [1.165, 1.54) is 11.8 Å². The van der Waals surface area contributed by atoms with Gasteiger partial charge in [0.15, 0.2) is 0 Å². The molecule has 1 unspecified atom stereocenters. The lowest BCUT2D eigenvalue weighted by Gasteiger charge is -2.24. The average molecular weight is 288 g/mol. The SMILES string of the molecule is CCN(C)C(=O)C(C)NC(=O)N(CC(N)=O)CC(=O)O. The Bertz CT molecular complexity index is 382. The predicted molar refractivity (Wildman–Crippen MR) is 69.7 cm³/mol. The molecule has 1 atom stereocenters. The van der Waals surface area contributed by atoms with Crippen LogP contribution in [0.2, 0.25) is 0 Å². The van der Waals surface area contributed by atoms with Gasteiger partial charge in [-0.3, -0.25) is 14.4 Å². The fourth-order valence-electron chi connectivity index (χ4n) is 1.38. The highest BCUT2D eigenvalue weighted by molar-refractivity contribution is 5.89. The second-order valence-corrected chi connectivity index (χ2v) is 4.24. The highest BCUT2D eigenvalue weighted by Crippen LogP contribution is 1.95. The van der Waals surface area contributed by atoms with E-state index in [4.69, 9.17) is 10.8 Å². The van der Waals surface area contributed by atoms with Crippen LogP contribution in [0.5, 0.6) is 0 Å². The van der Waals surface area contributed by atoms with Crippen molar-refractivity contribution in [1.82, 2.24) is 15.1 Å². The third kappa shape index (κ3) is 6.03. The normalized spacial score (nSPS) is 11.3. The van der Waals surface area contributed by atoms with Gasteiger partial charge in [-0.25, -0.2) is 4.79 Å². The minimum absolute atomic E-state index is 0.324. The van der Waals surface area contributed by atoms with Gasteiger partial charge < -0.3 is 26.0 Å². The monoisotopic (exact) mass is 288 g/mol. The van der Waals surface area contributed by atoms with E-state index in [-0.39, 0.29) is 5.91 Å². The maximum absolute atomic E-state index is 11.8. The first kappa shape index (κ1) is 17.7. The van der Waals surface area contributed by atoms with Crippen molar-refractivity contribution in [2.45, 2.75) is 19.9 Å². The van der Waals surface area contributed by atoms with Crippen LogP contribution in [0.25, 0.3) is 0 Å². The molecule has 0 spiro atoms. The van der Waals surface area contributed by atoms with Crippen molar-refractivity contribution in [2.24, 2.45) is 5.73 Å². The van der Waals surface area contributed by atoms with E-state index in [2.05, 4.69) is 5.32 Å². The lowest BCUT2D eigenvalue weighted by atomic mass is 10.3. The standard InChI is InChI=1S/C11H20N4O5/c1-4-14(3)10(19)7(2)13-11(20)15(5-8(12)16)6-9(17)18/h7H,4-6H2,1-3H3,(H2,12,16)(H,13,20)(H,17,18). The predicted octanol–water partition coefficient (Wildman–Crippen LogP) is -1.57. The largest absolute Gasteiger partial charge is 0.480 e. The summed E-state index contributed by atoms with van der Waals surface area (Å²) in [6.07, 6.45) is 0. The van der Waals surface area contributed by atoms with Crippen molar-refractivity contribution in [1.29, 1.82) is 0 Å². The Kier molecular flexibility index (Phi) is 7.05. The highest BCUT2D eigenvalue weighted by Gasteiger charge is 2.24. The Balaban J connectivity index is 4.70. The Hall–Kier alpha value is -2.32. The Morgan fingerprint density at radius 2 is 1.80 bits per heavy atom. The molecule has 0 saturated carbocycles. The van der Waals surface area contributed by atoms with Crippen LogP contribution in [0.4, 0.5) is 4.79 Å². The van der Waals surface area contributed by atoms with Crippen LogP contribution < -0.4 is 11.1 Å². The van der Waals surface area contributed by atoms with Crippen molar-refractivity contribution in [2.75, 3.05) is 26.7 Å². The summed E-state index contributed by atoms with van der Waals surface area (Å²) >= 11 is 0. The van der Waals surface area contributed by atoms with Crippen LogP contribution in [0.15, 0.2) is 0 Å². The minimum atomic E-state index is -1.29. The van der Waals surface area contributed by atoms with Gasteiger partial charge in [-0.2, -0.15) is 0 Å². The minimum Gasteiger partial charge on any atom is -0.480 e. The summed E-state index contributed by atoms with van der Waals surface area (Å²) in [6.45, 7) is 2.49. The summed E-state index contributed by atoms with van der Waals surface area (Å²) < 4.78 is 0. The zero-order valence-electron chi connectivity index (χ0n) is 11.8. The van der Waals surface area contributed by atoms with Gasteiger partial charge in [0, 0.05) is 13.6 Å². The molecule has 0 saturated heterocycles. The Labute approximate surface area is 116 Å². The molecule has 114 valence electrons. The molecule has 0 aliphatic carbocycles. The quantitative estimate of drug-likeness (QED) is 0.520. The van der Waals surface area contributed by atoms with Gasteiger partial charge in [-0.05, 0) is 13.8 Å². The van der Waals surface area contributed by atoms with Crippen molar-refractivity contribution in [3.8, 4) is 0 Å². The lowest BCUT2D eigenvalue weighted by molar-refractivity contribution is -0.137. The van der Waals surface area contributed by atoms with Crippen molar-refractivity contribution in [3.05, 3.63) is 0 Å². The number of primary amides is 1. The van der Waals surface area contributed by atoms with E-state index in [0.717, 1.165) is 4.90 Å². The molecule has 4 N–H and O–H groups in total. The number of carboxylic acids is 1. The number of nitrogens with one attached hydrogen (secondary N) is 1. The molecular formula is C11H20N4O5. The summed E-state index contributed by atoms with van der Waals surface area (Å²) in [5, 5.41) is 11.0. The molecule has 0 aliphatic heterocycles. The molecular weight excluding hydrogens is 268 g/mol. The maximum atomic E-state index is 11.8. The number of urea groups is 1.